The van der Waals surface area contributed by atoms with Crippen molar-refractivity contribution in [2.24, 2.45) is 5.92 Å². The van der Waals surface area contributed by atoms with Crippen LogP contribution in [0.1, 0.15) is 39.5 Å². The van der Waals surface area contributed by atoms with Gasteiger partial charge in [0.15, 0.2) is 0 Å². The number of unbranched alkanes of at least 4 members (excludes halogenated alkanes) is 1. The number of methoxy groups -OCH3 is 1. The number of amides is 1. The van der Waals surface area contributed by atoms with E-state index in [4.69, 9.17) is 4.74 Å². The number of piperidine rings is 1. The zero-order chi connectivity index (χ0) is 15.5. The highest BCUT2D eigenvalue weighted by Gasteiger charge is 2.26. The van der Waals surface area contributed by atoms with Gasteiger partial charge in [0, 0.05) is 20.2 Å². The monoisotopic (exact) mass is 299 g/mol. The molecule has 21 heavy (non-hydrogen) atoms. The maximum absolute atomic E-state index is 12.1. The Labute approximate surface area is 129 Å². The minimum Gasteiger partial charge on any atom is -0.383 e. The quantitative estimate of drug-likeness (QED) is 0.596. The number of rotatable bonds is 10. The lowest BCUT2D eigenvalue weighted by Gasteiger charge is -2.35. The van der Waals surface area contributed by atoms with E-state index in [0.717, 1.165) is 58.1 Å². The van der Waals surface area contributed by atoms with E-state index in [1.165, 1.54) is 12.8 Å². The highest BCUT2D eigenvalue weighted by Crippen LogP contribution is 2.18. The summed E-state index contributed by atoms with van der Waals surface area (Å²) in [5.41, 5.74) is 0. The minimum absolute atomic E-state index is 0.00394. The molecule has 0 spiro atoms. The third-order valence-corrected chi connectivity index (χ3v) is 4.32. The van der Waals surface area contributed by atoms with E-state index in [9.17, 15) is 4.79 Å². The standard InChI is InChI=1S/C16H33N3O2/c1-4-5-8-18-16(20)14(2)19-10-6-15(7-11-19)13-17-9-12-21-3/h14-15,17H,4-13H2,1-3H3,(H,18,20). The molecule has 0 saturated carbocycles. The maximum atomic E-state index is 12.1. The van der Waals surface area contributed by atoms with Gasteiger partial charge in [-0.2, -0.15) is 0 Å². The second-order valence-corrected chi connectivity index (χ2v) is 6.00. The van der Waals surface area contributed by atoms with E-state index in [1.54, 1.807) is 7.11 Å². The van der Waals surface area contributed by atoms with Crippen LogP contribution in [0.25, 0.3) is 0 Å². The molecule has 1 heterocycles. The molecule has 1 fully saturated rings. The van der Waals surface area contributed by atoms with Crippen molar-refractivity contribution in [2.45, 2.75) is 45.6 Å². The van der Waals surface area contributed by atoms with Crippen molar-refractivity contribution in [3.8, 4) is 0 Å². The summed E-state index contributed by atoms with van der Waals surface area (Å²) in [6.07, 6.45) is 4.53. The highest BCUT2D eigenvalue weighted by atomic mass is 16.5. The first-order valence-corrected chi connectivity index (χ1v) is 8.40. The third-order valence-electron chi connectivity index (χ3n) is 4.32. The zero-order valence-corrected chi connectivity index (χ0v) is 14.0. The Morgan fingerprint density at radius 3 is 2.67 bits per heavy atom. The Hall–Kier alpha value is -0.650. The molecular weight excluding hydrogens is 266 g/mol. The summed E-state index contributed by atoms with van der Waals surface area (Å²) in [6, 6.07) is 0.00394. The molecule has 5 heteroatoms. The Kier molecular flexibility index (Phi) is 9.63. The molecule has 124 valence electrons. The Bertz CT molecular complexity index is 279. The average Bonchev–Trinajstić information content (AvgIpc) is 2.51. The molecule has 2 N–H and O–H groups in total. The lowest BCUT2D eigenvalue weighted by molar-refractivity contribution is -0.126. The Morgan fingerprint density at radius 2 is 2.05 bits per heavy atom. The summed E-state index contributed by atoms with van der Waals surface area (Å²) < 4.78 is 5.03. The van der Waals surface area contributed by atoms with Gasteiger partial charge in [-0.15, -0.1) is 0 Å². The number of hydrogen-bond donors (Lipinski definition) is 2. The molecular formula is C16H33N3O2. The predicted octanol–water partition coefficient (Wildman–Crippen LogP) is 1.24. The van der Waals surface area contributed by atoms with E-state index in [0.29, 0.717) is 0 Å². The molecule has 1 unspecified atom stereocenters. The molecule has 0 aromatic heterocycles. The van der Waals surface area contributed by atoms with Crippen LogP contribution in [-0.4, -0.2) is 63.3 Å². The summed E-state index contributed by atoms with van der Waals surface area (Å²) in [5.74, 6) is 0.911. The Morgan fingerprint density at radius 1 is 1.33 bits per heavy atom. The molecule has 1 atom stereocenters. The van der Waals surface area contributed by atoms with Crippen LogP contribution < -0.4 is 10.6 Å². The van der Waals surface area contributed by atoms with Crippen LogP contribution in [0, 0.1) is 5.92 Å². The fourth-order valence-electron chi connectivity index (χ4n) is 2.73. The smallest absolute Gasteiger partial charge is 0.237 e. The average molecular weight is 299 g/mol. The van der Waals surface area contributed by atoms with E-state index >= 15 is 0 Å². The van der Waals surface area contributed by atoms with Crippen LogP contribution in [0.3, 0.4) is 0 Å². The predicted molar refractivity (Wildman–Crippen MR) is 86.4 cm³/mol. The van der Waals surface area contributed by atoms with Crippen LogP contribution in [0.15, 0.2) is 0 Å². The van der Waals surface area contributed by atoms with E-state index in [2.05, 4.69) is 22.5 Å². The van der Waals surface area contributed by atoms with E-state index in [1.807, 2.05) is 6.92 Å². The van der Waals surface area contributed by atoms with Crippen LogP contribution in [0.5, 0.6) is 0 Å². The van der Waals surface area contributed by atoms with Crippen molar-refractivity contribution in [1.29, 1.82) is 0 Å². The molecule has 5 nitrogen and oxygen atoms in total. The molecule has 0 aromatic carbocycles. The molecule has 1 amide bonds. The first kappa shape index (κ1) is 18.4. The van der Waals surface area contributed by atoms with Crippen LogP contribution in [0.4, 0.5) is 0 Å². The number of likely N-dealkylation sites (tertiary alicyclic amines) is 1. The van der Waals surface area contributed by atoms with Gasteiger partial charge in [-0.05, 0) is 51.7 Å². The normalized spacial score (nSPS) is 18.6. The maximum Gasteiger partial charge on any atom is 0.237 e. The second kappa shape index (κ2) is 11.0. The van der Waals surface area contributed by atoms with Crippen LogP contribution in [-0.2, 0) is 9.53 Å². The van der Waals surface area contributed by atoms with Gasteiger partial charge in [-0.25, -0.2) is 0 Å². The molecule has 1 saturated heterocycles. The number of ether oxygens (including phenoxy) is 1. The second-order valence-electron chi connectivity index (χ2n) is 6.00. The number of carbonyl (C=O) groups excluding carboxylic acids is 1. The van der Waals surface area contributed by atoms with Gasteiger partial charge in [-0.3, -0.25) is 9.69 Å². The molecule has 0 aliphatic carbocycles. The van der Waals surface area contributed by atoms with Crippen molar-refractivity contribution >= 4 is 5.91 Å². The SMILES string of the molecule is CCCCNC(=O)C(C)N1CCC(CNCCOC)CC1. The van der Waals surface area contributed by atoms with Gasteiger partial charge < -0.3 is 15.4 Å². The van der Waals surface area contributed by atoms with Gasteiger partial charge in [0.1, 0.15) is 0 Å². The lowest BCUT2D eigenvalue weighted by Crippen LogP contribution is -2.49. The van der Waals surface area contributed by atoms with Crippen LogP contribution >= 0.6 is 0 Å². The van der Waals surface area contributed by atoms with Crippen LogP contribution in [0.2, 0.25) is 0 Å². The van der Waals surface area contributed by atoms with E-state index in [-0.39, 0.29) is 11.9 Å². The zero-order valence-electron chi connectivity index (χ0n) is 14.0. The summed E-state index contributed by atoms with van der Waals surface area (Å²) in [6.45, 7) is 9.78. The number of nitrogens with zero attached hydrogens (tertiary/aromatic N) is 1. The molecule has 0 bridgehead atoms. The van der Waals surface area contributed by atoms with Crippen molar-refractivity contribution in [3.63, 3.8) is 0 Å². The van der Waals surface area contributed by atoms with Crippen molar-refractivity contribution in [2.75, 3.05) is 46.4 Å². The highest BCUT2D eigenvalue weighted by molar-refractivity contribution is 5.81. The molecule has 1 rings (SSSR count). The minimum atomic E-state index is 0.00394. The number of hydrogen-bond acceptors (Lipinski definition) is 4. The lowest BCUT2D eigenvalue weighted by atomic mass is 9.95. The molecule has 0 radical (unpaired) electrons. The largest absolute Gasteiger partial charge is 0.383 e. The first-order chi connectivity index (χ1) is 10.2. The number of nitrogens with one attached hydrogen (secondary N) is 2. The molecule has 1 aliphatic rings. The summed E-state index contributed by atoms with van der Waals surface area (Å²) in [7, 11) is 1.73. The molecule has 1 aliphatic heterocycles. The van der Waals surface area contributed by atoms with Gasteiger partial charge in [0.05, 0.1) is 12.6 Å². The van der Waals surface area contributed by atoms with Gasteiger partial charge in [0.25, 0.3) is 0 Å². The topological polar surface area (TPSA) is 53.6 Å². The van der Waals surface area contributed by atoms with Gasteiger partial charge in [-0.1, -0.05) is 13.3 Å². The first-order valence-electron chi connectivity index (χ1n) is 8.40. The third kappa shape index (κ3) is 7.25. The molecule has 0 aromatic rings. The van der Waals surface area contributed by atoms with Crippen molar-refractivity contribution < 1.29 is 9.53 Å². The summed E-state index contributed by atoms with van der Waals surface area (Å²) >= 11 is 0. The summed E-state index contributed by atoms with van der Waals surface area (Å²) in [4.78, 5) is 14.4. The Balaban J connectivity index is 2.17. The van der Waals surface area contributed by atoms with Crippen molar-refractivity contribution in [3.05, 3.63) is 0 Å². The summed E-state index contributed by atoms with van der Waals surface area (Å²) in [5, 5.41) is 6.47. The fraction of sp³-hybridized carbons (Fsp3) is 0.938. The van der Waals surface area contributed by atoms with Gasteiger partial charge >= 0.3 is 0 Å². The fourth-order valence-corrected chi connectivity index (χ4v) is 2.73. The van der Waals surface area contributed by atoms with E-state index < -0.39 is 0 Å². The van der Waals surface area contributed by atoms with Crippen molar-refractivity contribution in [1.82, 2.24) is 15.5 Å². The number of carbonyl (C=O) groups is 1. The van der Waals surface area contributed by atoms with Gasteiger partial charge in [0.2, 0.25) is 5.91 Å².